The van der Waals surface area contributed by atoms with E-state index in [9.17, 15) is 4.79 Å². The summed E-state index contributed by atoms with van der Waals surface area (Å²) in [6.45, 7) is 7.41. The van der Waals surface area contributed by atoms with Gasteiger partial charge >= 0.3 is 0 Å². The van der Waals surface area contributed by atoms with Crippen molar-refractivity contribution < 1.29 is 9.53 Å². The summed E-state index contributed by atoms with van der Waals surface area (Å²) in [4.78, 5) is 11.6. The molecule has 4 nitrogen and oxygen atoms in total. The SMILES string of the molecule is CCC(=O)CC1C=C(c2cnn(CCOC(C)C)c2)C=CC1. The lowest BCUT2D eigenvalue weighted by molar-refractivity contribution is -0.119. The Balaban J connectivity index is 1.97. The lowest BCUT2D eigenvalue weighted by Crippen LogP contribution is -2.10. The molecule has 0 amide bonds. The molecule has 0 saturated carbocycles. The third kappa shape index (κ3) is 4.95. The van der Waals surface area contributed by atoms with Crippen LogP contribution in [0, 0.1) is 5.92 Å². The molecule has 1 aromatic heterocycles. The zero-order valence-electron chi connectivity index (χ0n) is 13.8. The monoisotopic (exact) mass is 302 g/mol. The van der Waals surface area contributed by atoms with Gasteiger partial charge in [0.2, 0.25) is 0 Å². The first-order chi connectivity index (χ1) is 10.6. The van der Waals surface area contributed by atoms with Crippen LogP contribution in [-0.2, 0) is 16.1 Å². The zero-order valence-corrected chi connectivity index (χ0v) is 13.8. The van der Waals surface area contributed by atoms with Gasteiger partial charge in [-0.05, 0) is 31.8 Å². The summed E-state index contributed by atoms with van der Waals surface area (Å²) in [5, 5.41) is 4.39. The summed E-state index contributed by atoms with van der Waals surface area (Å²) in [5.74, 6) is 0.650. The van der Waals surface area contributed by atoms with E-state index in [1.165, 1.54) is 0 Å². The maximum atomic E-state index is 11.6. The van der Waals surface area contributed by atoms with E-state index in [-0.39, 0.29) is 6.10 Å². The average Bonchev–Trinajstić information content (AvgIpc) is 2.96. The largest absolute Gasteiger partial charge is 0.377 e. The van der Waals surface area contributed by atoms with E-state index < -0.39 is 0 Å². The molecule has 0 radical (unpaired) electrons. The molecule has 1 unspecified atom stereocenters. The van der Waals surface area contributed by atoms with Crippen LogP contribution in [0.5, 0.6) is 0 Å². The van der Waals surface area contributed by atoms with Gasteiger partial charge in [0.25, 0.3) is 0 Å². The Morgan fingerprint density at radius 3 is 3.05 bits per heavy atom. The first-order valence-electron chi connectivity index (χ1n) is 8.13. The van der Waals surface area contributed by atoms with Crippen LogP contribution in [0.2, 0.25) is 0 Å². The molecule has 22 heavy (non-hydrogen) atoms. The van der Waals surface area contributed by atoms with Gasteiger partial charge in [0, 0.05) is 24.6 Å². The molecule has 1 heterocycles. The number of aromatic nitrogens is 2. The standard InChI is InChI=1S/C18H26N2O2/c1-4-18(21)11-15-6-5-7-16(10-15)17-12-19-20(13-17)8-9-22-14(2)3/h5,7,10,12-15H,4,6,8-9,11H2,1-3H3. The highest BCUT2D eigenvalue weighted by Gasteiger charge is 2.14. The predicted molar refractivity (Wildman–Crippen MR) is 88.5 cm³/mol. The van der Waals surface area contributed by atoms with Gasteiger partial charge in [-0.15, -0.1) is 0 Å². The fourth-order valence-corrected chi connectivity index (χ4v) is 2.54. The molecule has 0 aliphatic heterocycles. The van der Waals surface area contributed by atoms with Gasteiger partial charge in [-0.25, -0.2) is 0 Å². The zero-order chi connectivity index (χ0) is 15.9. The second-order valence-electron chi connectivity index (χ2n) is 6.03. The number of ether oxygens (including phenoxy) is 1. The lowest BCUT2D eigenvalue weighted by atomic mass is 9.89. The van der Waals surface area contributed by atoms with E-state index >= 15 is 0 Å². The van der Waals surface area contributed by atoms with Crippen molar-refractivity contribution in [2.75, 3.05) is 6.61 Å². The van der Waals surface area contributed by atoms with Gasteiger partial charge in [0.1, 0.15) is 5.78 Å². The number of rotatable bonds is 8. The Labute approximate surface area is 132 Å². The van der Waals surface area contributed by atoms with Crippen molar-refractivity contribution in [1.82, 2.24) is 9.78 Å². The maximum absolute atomic E-state index is 11.6. The van der Waals surface area contributed by atoms with E-state index in [1.54, 1.807) is 0 Å². The summed E-state index contributed by atoms with van der Waals surface area (Å²) in [6.07, 6.45) is 12.9. The summed E-state index contributed by atoms with van der Waals surface area (Å²) in [6, 6.07) is 0. The van der Waals surface area contributed by atoms with Crippen molar-refractivity contribution >= 4 is 11.4 Å². The van der Waals surface area contributed by atoms with Gasteiger partial charge in [-0.3, -0.25) is 9.48 Å². The highest BCUT2D eigenvalue weighted by atomic mass is 16.5. The molecule has 1 aliphatic rings. The smallest absolute Gasteiger partial charge is 0.133 e. The van der Waals surface area contributed by atoms with Crippen LogP contribution in [0.25, 0.3) is 5.57 Å². The molecule has 1 atom stereocenters. The first-order valence-corrected chi connectivity index (χ1v) is 8.13. The fourth-order valence-electron chi connectivity index (χ4n) is 2.54. The van der Waals surface area contributed by atoms with Crippen molar-refractivity contribution in [3.63, 3.8) is 0 Å². The number of hydrogen-bond acceptors (Lipinski definition) is 3. The minimum atomic E-state index is 0.246. The molecule has 0 N–H and O–H groups in total. The van der Waals surface area contributed by atoms with Crippen LogP contribution in [0.1, 0.15) is 45.6 Å². The minimum absolute atomic E-state index is 0.246. The highest BCUT2D eigenvalue weighted by Crippen LogP contribution is 2.26. The number of carbonyl (C=O) groups excluding carboxylic acids is 1. The van der Waals surface area contributed by atoms with E-state index in [0.717, 1.165) is 24.1 Å². The number of Topliss-reactive ketones (excluding diaryl/α,β-unsaturated/α-hetero) is 1. The molecular weight excluding hydrogens is 276 g/mol. The Kier molecular flexibility index (Phi) is 6.13. The molecule has 1 aliphatic carbocycles. The number of carbonyl (C=O) groups is 1. The predicted octanol–water partition coefficient (Wildman–Crippen LogP) is 3.64. The molecule has 0 bridgehead atoms. The maximum Gasteiger partial charge on any atom is 0.133 e. The van der Waals surface area contributed by atoms with E-state index in [2.05, 4.69) is 23.3 Å². The van der Waals surface area contributed by atoms with Crippen LogP contribution < -0.4 is 0 Å². The van der Waals surface area contributed by atoms with Crippen LogP contribution in [-0.4, -0.2) is 28.3 Å². The molecule has 2 rings (SSSR count). The van der Waals surface area contributed by atoms with Crippen molar-refractivity contribution in [1.29, 1.82) is 0 Å². The Hall–Kier alpha value is -1.68. The minimum Gasteiger partial charge on any atom is -0.377 e. The van der Waals surface area contributed by atoms with Gasteiger partial charge in [0.05, 0.1) is 25.5 Å². The van der Waals surface area contributed by atoms with Crippen molar-refractivity contribution in [2.45, 2.75) is 52.7 Å². The summed E-state index contributed by atoms with van der Waals surface area (Å²) in [5.41, 5.74) is 2.27. The van der Waals surface area contributed by atoms with Gasteiger partial charge in [0.15, 0.2) is 0 Å². The Morgan fingerprint density at radius 2 is 2.32 bits per heavy atom. The average molecular weight is 302 g/mol. The Bertz CT molecular complexity index is 555. The molecule has 0 spiro atoms. The summed E-state index contributed by atoms with van der Waals surface area (Å²) < 4.78 is 7.46. The van der Waals surface area contributed by atoms with Gasteiger partial charge < -0.3 is 4.74 Å². The van der Waals surface area contributed by atoms with Crippen molar-refractivity contribution in [3.05, 3.63) is 36.2 Å². The van der Waals surface area contributed by atoms with E-state index in [1.807, 2.05) is 37.8 Å². The molecule has 4 heteroatoms. The molecule has 1 aromatic rings. The van der Waals surface area contributed by atoms with Gasteiger partial charge in [-0.1, -0.05) is 25.2 Å². The molecule has 0 fully saturated rings. The summed E-state index contributed by atoms with van der Waals surface area (Å²) >= 11 is 0. The van der Waals surface area contributed by atoms with Gasteiger partial charge in [-0.2, -0.15) is 5.10 Å². The number of hydrogen-bond donors (Lipinski definition) is 0. The Morgan fingerprint density at radius 1 is 1.50 bits per heavy atom. The van der Waals surface area contributed by atoms with Crippen LogP contribution >= 0.6 is 0 Å². The van der Waals surface area contributed by atoms with Crippen molar-refractivity contribution in [2.24, 2.45) is 5.92 Å². The first kappa shape index (κ1) is 16.7. The molecule has 120 valence electrons. The number of ketones is 1. The van der Waals surface area contributed by atoms with E-state index in [0.29, 0.717) is 31.1 Å². The molecular formula is C18H26N2O2. The number of allylic oxidation sites excluding steroid dienone is 4. The van der Waals surface area contributed by atoms with Crippen LogP contribution in [0.4, 0.5) is 0 Å². The quantitative estimate of drug-likeness (QED) is 0.736. The lowest BCUT2D eigenvalue weighted by Gasteiger charge is -2.15. The number of nitrogens with zero attached hydrogens (tertiary/aromatic N) is 2. The highest BCUT2D eigenvalue weighted by molar-refractivity contribution is 5.80. The third-order valence-corrected chi connectivity index (χ3v) is 3.77. The summed E-state index contributed by atoms with van der Waals surface area (Å²) in [7, 11) is 0. The molecule has 0 saturated heterocycles. The van der Waals surface area contributed by atoms with Crippen molar-refractivity contribution in [3.8, 4) is 0 Å². The van der Waals surface area contributed by atoms with E-state index in [4.69, 9.17) is 4.74 Å². The third-order valence-electron chi connectivity index (χ3n) is 3.77. The second kappa shape index (κ2) is 8.08. The van der Waals surface area contributed by atoms with Crippen LogP contribution in [0.3, 0.4) is 0 Å². The second-order valence-corrected chi connectivity index (χ2v) is 6.03. The normalized spacial score (nSPS) is 17.8. The fraction of sp³-hybridized carbons (Fsp3) is 0.556. The van der Waals surface area contributed by atoms with Crippen LogP contribution in [0.15, 0.2) is 30.6 Å². The topological polar surface area (TPSA) is 44.1 Å². The molecule has 0 aromatic carbocycles.